The van der Waals surface area contributed by atoms with E-state index in [4.69, 9.17) is 0 Å². The van der Waals surface area contributed by atoms with E-state index in [1.807, 2.05) is 0 Å². The zero-order chi connectivity index (χ0) is 7.72. The molecule has 10 heavy (non-hydrogen) atoms. The van der Waals surface area contributed by atoms with Crippen LogP contribution in [0.25, 0.3) is 0 Å². The molecule has 0 bridgehead atoms. The van der Waals surface area contributed by atoms with Crippen molar-refractivity contribution in [2.24, 2.45) is 0 Å². The first-order chi connectivity index (χ1) is 4.63. The van der Waals surface area contributed by atoms with E-state index < -0.39 is 17.3 Å². The summed E-state index contributed by atoms with van der Waals surface area (Å²) >= 11 is 0. The van der Waals surface area contributed by atoms with Crippen LogP contribution in [0.2, 0.25) is 0 Å². The van der Waals surface area contributed by atoms with E-state index >= 15 is 0 Å². The highest BCUT2D eigenvalue weighted by molar-refractivity contribution is 6.49. The largest absolute Gasteiger partial charge is 0.286 e. The Kier molecular flexibility index (Phi) is 1.41. The van der Waals surface area contributed by atoms with Crippen LogP contribution in [0.1, 0.15) is 6.42 Å². The second-order valence-corrected chi connectivity index (χ2v) is 2.03. The molecule has 51 valence electrons. The molecule has 1 radical (unpaired) electrons. The van der Waals surface area contributed by atoms with Crippen molar-refractivity contribution >= 4 is 11.6 Å². The maximum Gasteiger partial charge on any atom is 0.272 e. The van der Waals surface area contributed by atoms with Gasteiger partial charge in [-0.05, 0) is 12.5 Å². The summed E-state index contributed by atoms with van der Waals surface area (Å²) in [6.45, 7) is 3.33. The summed E-state index contributed by atoms with van der Waals surface area (Å²) in [4.78, 5) is 21.2. The van der Waals surface area contributed by atoms with Crippen molar-refractivity contribution < 1.29 is 14.7 Å². The fraction of sp³-hybridized carbons (Fsp3) is 0.143. The van der Waals surface area contributed by atoms with Gasteiger partial charge in [0.15, 0.2) is 0 Å². The van der Waals surface area contributed by atoms with Crippen LogP contribution in [0, 0.1) is 0 Å². The molecular formula is C7H5O3. The van der Waals surface area contributed by atoms with Crippen molar-refractivity contribution in [1.82, 2.24) is 0 Å². The third kappa shape index (κ3) is 0.857. The molecule has 0 aromatic rings. The molecule has 1 rings (SSSR count). The molecule has 1 aliphatic carbocycles. The highest BCUT2D eigenvalue weighted by Crippen LogP contribution is 2.12. The van der Waals surface area contributed by atoms with Gasteiger partial charge in [-0.1, -0.05) is 6.58 Å². The molecule has 3 nitrogen and oxygen atoms in total. The molecule has 0 aromatic carbocycles. The number of carbonyl (C=O) groups excluding carboxylic acids is 2. The van der Waals surface area contributed by atoms with Crippen LogP contribution in [0.4, 0.5) is 0 Å². The van der Waals surface area contributed by atoms with Gasteiger partial charge in [-0.2, -0.15) is 0 Å². The summed E-state index contributed by atoms with van der Waals surface area (Å²) in [6.07, 6.45) is 1.38. The molecule has 0 unspecified atom stereocenters. The molecule has 0 fully saturated rings. The monoisotopic (exact) mass is 137 g/mol. The number of hydrogen-bond acceptors (Lipinski definition) is 2. The lowest BCUT2D eigenvalue weighted by molar-refractivity contribution is -0.134. The van der Waals surface area contributed by atoms with Gasteiger partial charge < -0.3 is 0 Å². The van der Waals surface area contributed by atoms with Crippen molar-refractivity contribution in [3.8, 4) is 0 Å². The van der Waals surface area contributed by atoms with E-state index in [1.165, 1.54) is 6.08 Å². The number of ketones is 2. The first-order valence-corrected chi connectivity index (χ1v) is 2.77. The Morgan fingerprint density at radius 3 is 2.40 bits per heavy atom. The highest BCUT2D eigenvalue weighted by atomic mass is 16.3. The minimum absolute atomic E-state index is 0.199. The molecule has 0 saturated heterocycles. The van der Waals surface area contributed by atoms with Crippen LogP contribution in [0.15, 0.2) is 24.0 Å². The van der Waals surface area contributed by atoms with E-state index in [-0.39, 0.29) is 12.0 Å². The van der Waals surface area contributed by atoms with Crippen molar-refractivity contribution in [1.29, 1.82) is 0 Å². The average Bonchev–Trinajstić information content (AvgIpc) is 1.93. The number of carbonyl (C=O) groups is 2. The zero-order valence-electron chi connectivity index (χ0n) is 5.22. The molecule has 0 saturated carbocycles. The second-order valence-electron chi connectivity index (χ2n) is 2.03. The molecule has 1 aliphatic rings. The van der Waals surface area contributed by atoms with Crippen LogP contribution in [0.5, 0.6) is 0 Å². The molecule has 0 amide bonds. The number of allylic oxidation sites excluding steroid dienone is 3. The fourth-order valence-electron chi connectivity index (χ4n) is 0.674. The Hall–Kier alpha value is -1.38. The standard InChI is InChI=1S/C7H5O3/c1-4-2-3-5(8)7(10)6(4)9/h3H,1-2H2. The predicted octanol–water partition coefficient (Wildman–Crippen LogP) is 0.399. The third-order valence-electron chi connectivity index (χ3n) is 1.28. The van der Waals surface area contributed by atoms with E-state index in [2.05, 4.69) is 6.58 Å². The molecule has 0 aromatic heterocycles. The summed E-state index contributed by atoms with van der Waals surface area (Å²) < 4.78 is 0. The van der Waals surface area contributed by atoms with Crippen LogP contribution in [-0.4, -0.2) is 11.6 Å². The van der Waals surface area contributed by atoms with Gasteiger partial charge in [0.1, 0.15) is 0 Å². The van der Waals surface area contributed by atoms with E-state index in [1.54, 1.807) is 0 Å². The van der Waals surface area contributed by atoms with Gasteiger partial charge in [-0.15, -0.1) is 0 Å². The SMILES string of the molecule is C=C1CC=C([O])C(=O)C1=O. The molecule has 0 atom stereocenters. The normalized spacial score (nSPS) is 19.2. The van der Waals surface area contributed by atoms with Crippen LogP contribution in [-0.2, 0) is 14.7 Å². The lowest BCUT2D eigenvalue weighted by atomic mass is 9.99. The second kappa shape index (κ2) is 2.10. The van der Waals surface area contributed by atoms with Gasteiger partial charge in [0.25, 0.3) is 5.78 Å². The predicted molar refractivity (Wildman–Crippen MR) is 32.5 cm³/mol. The zero-order valence-corrected chi connectivity index (χ0v) is 5.22. The number of hydrogen-bond donors (Lipinski definition) is 0. The maximum absolute atomic E-state index is 10.6. The minimum Gasteiger partial charge on any atom is -0.286 e. The summed E-state index contributed by atoms with van der Waals surface area (Å²) in [5, 5.41) is 10.5. The minimum atomic E-state index is -0.962. The Bertz CT molecular complexity index is 248. The first kappa shape index (κ1) is 6.74. The van der Waals surface area contributed by atoms with Crippen LogP contribution >= 0.6 is 0 Å². The molecule has 0 heterocycles. The molecule has 0 aliphatic heterocycles. The van der Waals surface area contributed by atoms with Crippen LogP contribution < -0.4 is 0 Å². The van der Waals surface area contributed by atoms with Gasteiger partial charge in [0.2, 0.25) is 11.5 Å². The molecule has 0 N–H and O–H groups in total. The van der Waals surface area contributed by atoms with Gasteiger partial charge in [0.05, 0.1) is 0 Å². The Balaban J connectivity index is 3.03. The third-order valence-corrected chi connectivity index (χ3v) is 1.28. The fourth-order valence-corrected chi connectivity index (χ4v) is 0.674. The van der Waals surface area contributed by atoms with E-state index in [9.17, 15) is 14.7 Å². The number of rotatable bonds is 0. The van der Waals surface area contributed by atoms with Crippen LogP contribution in [0.3, 0.4) is 0 Å². The van der Waals surface area contributed by atoms with Gasteiger partial charge >= 0.3 is 0 Å². The summed E-state index contributed by atoms with van der Waals surface area (Å²) in [7, 11) is 0. The van der Waals surface area contributed by atoms with Crippen molar-refractivity contribution in [3.63, 3.8) is 0 Å². The quantitative estimate of drug-likeness (QED) is 0.358. The van der Waals surface area contributed by atoms with Crippen molar-refractivity contribution in [2.75, 3.05) is 0 Å². The lowest BCUT2D eigenvalue weighted by Gasteiger charge is -2.03. The Labute approximate surface area is 57.7 Å². The van der Waals surface area contributed by atoms with Crippen molar-refractivity contribution in [3.05, 3.63) is 24.0 Å². The summed E-state index contributed by atoms with van der Waals surface area (Å²) in [5.74, 6) is -2.42. The van der Waals surface area contributed by atoms with Gasteiger partial charge in [-0.3, -0.25) is 14.7 Å². The van der Waals surface area contributed by atoms with E-state index in [0.29, 0.717) is 0 Å². The molecule has 0 spiro atoms. The summed E-state index contributed by atoms with van der Waals surface area (Å²) in [6, 6.07) is 0. The Morgan fingerprint density at radius 1 is 1.30 bits per heavy atom. The van der Waals surface area contributed by atoms with Gasteiger partial charge in [0, 0.05) is 5.57 Å². The first-order valence-electron chi connectivity index (χ1n) is 2.77. The topological polar surface area (TPSA) is 54.0 Å². The summed E-state index contributed by atoms with van der Waals surface area (Å²) in [5.41, 5.74) is 0.199. The maximum atomic E-state index is 10.6. The molecular weight excluding hydrogens is 132 g/mol. The number of Topliss-reactive ketones (excluding diaryl/α,β-unsaturated/α-hetero) is 2. The van der Waals surface area contributed by atoms with Crippen molar-refractivity contribution in [2.45, 2.75) is 6.42 Å². The smallest absolute Gasteiger partial charge is 0.272 e. The molecule has 3 heteroatoms. The van der Waals surface area contributed by atoms with E-state index in [0.717, 1.165) is 0 Å². The lowest BCUT2D eigenvalue weighted by Crippen LogP contribution is -2.20. The Morgan fingerprint density at radius 2 is 1.90 bits per heavy atom. The highest BCUT2D eigenvalue weighted by Gasteiger charge is 2.26. The van der Waals surface area contributed by atoms with Gasteiger partial charge in [-0.25, -0.2) is 0 Å². The average molecular weight is 137 g/mol.